The van der Waals surface area contributed by atoms with E-state index in [9.17, 15) is 5.11 Å². The molecule has 0 unspecified atom stereocenters. The summed E-state index contributed by atoms with van der Waals surface area (Å²) >= 11 is 0. The summed E-state index contributed by atoms with van der Waals surface area (Å²) < 4.78 is 9.90. The van der Waals surface area contributed by atoms with Crippen LogP contribution in [0.15, 0.2) is 30.9 Å². The molecule has 0 spiro atoms. The van der Waals surface area contributed by atoms with Gasteiger partial charge in [0.15, 0.2) is 0 Å². The fourth-order valence-electron chi connectivity index (χ4n) is 4.12. The number of aromatic nitrogens is 4. The first kappa shape index (κ1) is 22.8. The lowest BCUT2D eigenvalue weighted by Crippen LogP contribution is -2.22. The van der Waals surface area contributed by atoms with Gasteiger partial charge in [0.2, 0.25) is 0 Å². The lowest BCUT2D eigenvalue weighted by atomic mass is 10.0. The van der Waals surface area contributed by atoms with Crippen LogP contribution in [0.3, 0.4) is 0 Å². The molecule has 7 heteroatoms. The van der Waals surface area contributed by atoms with Crippen LogP contribution in [-0.4, -0.2) is 44.7 Å². The Kier molecular flexibility index (Phi) is 6.56. The van der Waals surface area contributed by atoms with Gasteiger partial charge in [0.1, 0.15) is 18.0 Å². The summed E-state index contributed by atoms with van der Waals surface area (Å²) in [4.78, 5) is 4.55. The smallest absolute Gasteiger partial charge is 0.139 e. The van der Waals surface area contributed by atoms with E-state index in [-0.39, 0.29) is 0 Å². The first-order valence-corrected chi connectivity index (χ1v) is 15.3. The van der Waals surface area contributed by atoms with E-state index in [1.807, 2.05) is 29.3 Å². The molecule has 0 aromatic carbocycles. The number of hydrogen-bond acceptors (Lipinski definition) is 4. The van der Waals surface area contributed by atoms with Crippen LogP contribution < -0.4 is 0 Å². The van der Waals surface area contributed by atoms with E-state index in [0.29, 0.717) is 12.4 Å². The Morgan fingerprint density at radius 1 is 1.19 bits per heavy atom. The number of nitrogens with zero attached hydrogens (tertiary/aromatic N) is 4. The molecule has 4 rings (SSSR count). The number of aliphatic hydroxyl groups is 1. The Labute approximate surface area is 191 Å². The average molecular weight is 451 g/mol. The summed E-state index contributed by atoms with van der Waals surface area (Å²) in [5, 5.41) is 16.2. The second-order valence-electron chi connectivity index (χ2n) is 10.0. The Hall–Kier alpha value is -2.40. The van der Waals surface area contributed by atoms with E-state index >= 15 is 0 Å². The molecule has 0 bridgehead atoms. The minimum absolute atomic E-state index is 0.466. The number of fused-ring (bicyclic) bond motifs is 1. The van der Waals surface area contributed by atoms with E-state index < -0.39 is 13.7 Å². The van der Waals surface area contributed by atoms with Gasteiger partial charge < -0.3 is 14.4 Å². The van der Waals surface area contributed by atoms with Crippen molar-refractivity contribution in [2.24, 2.45) is 0 Å². The maximum absolute atomic E-state index is 10.6. The molecule has 1 fully saturated rings. The molecular formula is C25H34N4O2Si. The Morgan fingerprint density at radius 3 is 2.69 bits per heavy atom. The zero-order valence-electron chi connectivity index (χ0n) is 19.7. The van der Waals surface area contributed by atoms with Gasteiger partial charge in [-0.25, -0.2) is 9.67 Å². The van der Waals surface area contributed by atoms with Crippen LogP contribution in [-0.2, 0) is 18.0 Å². The summed E-state index contributed by atoms with van der Waals surface area (Å²) in [5.41, 5.74) is 3.07. The summed E-state index contributed by atoms with van der Waals surface area (Å²) in [5.74, 6) is 6.19. The quantitative estimate of drug-likeness (QED) is 0.316. The first-order chi connectivity index (χ1) is 15.3. The largest absolute Gasteiger partial charge is 0.378 e. The van der Waals surface area contributed by atoms with Crippen LogP contribution in [0.1, 0.15) is 38.3 Å². The van der Waals surface area contributed by atoms with Crippen LogP contribution in [0.5, 0.6) is 0 Å². The molecule has 3 aromatic heterocycles. The van der Waals surface area contributed by atoms with Crippen molar-refractivity contribution in [3.8, 4) is 23.0 Å². The fraction of sp³-hybridized carbons (Fsp3) is 0.520. The first-order valence-electron chi connectivity index (χ1n) is 11.6. The highest BCUT2D eigenvalue weighted by atomic mass is 28.3. The highest BCUT2D eigenvalue weighted by Crippen LogP contribution is 2.31. The van der Waals surface area contributed by atoms with Gasteiger partial charge in [0, 0.05) is 50.1 Å². The van der Waals surface area contributed by atoms with Gasteiger partial charge in [-0.2, -0.15) is 5.10 Å². The highest BCUT2D eigenvalue weighted by molar-refractivity contribution is 6.76. The highest BCUT2D eigenvalue weighted by Gasteiger charge is 2.28. The molecule has 3 aromatic rings. The van der Waals surface area contributed by atoms with E-state index in [1.54, 1.807) is 0 Å². The molecule has 6 nitrogen and oxygen atoms in total. The minimum atomic E-state index is -1.09. The number of rotatable bonds is 7. The van der Waals surface area contributed by atoms with Crippen molar-refractivity contribution in [3.05, 3.63) is 36.5 Å². The number of ether oxygens (including phenoxy) is 1. The minimum Gasteiger partial charge on any atom is -0.378 e. The van der Waals surface area contributed by atoms with Crippen molar-refractivity contribution in [2.45, 2.75) is 77.2 Å². The SMILES string of the molecule is CCn1cc(-c2cnn(COCC[Si](C)(C)C)c2)c2cc(C#CC3(O)CCCC3)ncc21. The monoisotopic (exact) mass is 450 g/mol. The van der Waals surface area contributed by atoms with E-state index in [2.05, 4.69) is 59.3 Å². The molecule has 3 heterocycles. The molecular weight excluding hydrogens is 416 g/mol. The topological polar surface area (TPSA) is 65.1 Å². The van der Waals surface area contributed by atoms with E-state index in [4.69, 9.17) is 4.74 Å². The summed E-state index contributed by atoms with van der Waals surface area (Å²) in [6.45, 7) is 11.3. The maximum Gasteiger partial charge on any atom is 0.139 e. The third kappa shape index (κ3) is 5.32. The molecule has 170 valence electrons. The standard InChI is InChI=1S/C25H34N4O2Si/c1-5-28-18-23(20-15-27-29(17-20)19-31-12-13-32(2,3)4)22-14-21(26-16-24(22)28)8-11-25(30)9-6-7-10-25/h14-18,30H,5-7,9-10,12-13,19H2,1-4H3. The molecule has 0 saturated heterocycles. The van der Waals surface area contributed by atoms with Gasteiger partial charge >= 0.3 is 0 Å². The van der Waals surface area contributed by atoms with Gasteiger partial charge in [0.25, 0.3) is 0 Å². The predicted molar refractivity (Wildman–Crippen MR) is 131 cm³/mol. The normalized spacial score (nSPS) is 15.8. The van der Waals surface area contributed by atoms with Crippen LogP contribution >= 0.6 is 0 Å². The van der Waals surface area contributed by atoms with Gasteiger partial charge in [-0.05, 0) is 50.6 Å². The molecule has 0 atom stereocenters. The van der Waals surface area contributed by atoms with Gasteiger partial charge in [0.05, 0.1) is 17.9 Å². The molecule has 1 aliphatic rings. The van der Waals surface area contributed by atoms with Crippen molar-refractivity contribution in [2.75, 3.05) is 6.61 Å². The van der Waals surface area contributed by atoms with Gasteiger partial charge in [-0.3, -0.25) is 0 Å². The van der Waals surface area contributed by atoms with Crippen molar-refractivity contribution >= 4 is 19.0 Å². The van der Waals surface area contributed by atoms with Crippen molar-refractivity contribution in [1.82, 2.24) is 19.3 Å². The molecule has 0 aliphatic heterocycles. The zero-order chi connectivity index (χ0) is 22.8. The van der Waals surface area contributed by atoms with Crippen LogP contribution in [0.4, 0.5) is 0 Å². The third-order valence-corrected chi connectivity index (χ3v) is 7.83. The summed E-state index contributed by atoms with van der Waals surface area (Å²) in [6, 6.07) is 3.18. The van der Waals surface area contributed by atoms with Crippen LogP contribution in [0, 0.1) is 11.8 Å². The average Bonchev–Trinajstić information content (AvgIpc) is 3.47. The van der Waals surface area contributed by atoms with Crippen LogP contribution in [0.2, 0.25) is 25.7 Å². The lowest BCUT2D eigenvalue weighted by molar-refractivity contribution is 0.0786. The molecule has 0 amide bonds. The molecule has 1 aliphatic carbocycles. The molecule has 1 N–H and O–H groups in total. The Balaban J connectivity index is 1.57. The summed E-state index contributed by atoms with van der Waals surface area (Å²) in [7, 11) is -1.09. The number of pyridine rings is 1. The Morgan fingerprint density at radius 2 is 1.97 bits per heavy atom. The van der Waals surface area contributed by atoms with Crippen molar-refractivity contribution in [3.63, 3.8) is 0 Å². The zero-order valence-corrected chi connectivity index (χ0v) is 20.7. The van der Waals surface area contributed by atoms with Crippen LogP contribution in [0.25, 0.3) is 22.0 Å². The van der Waals surface area contributed by atoms with Gasteiger partial charge in [-0.15, -0.1) is 0 Å². The Bertz CT molecular complexity index is 1140. The van der Waals surface area contributed by atoms with Crippen molar-refractivity contribution < 1.29 is 9.84 Å². The second-order valence-corrected chi connectivity index (χ2v) is 15.6. The number of aryl methyl sites for hydroxylation is 1. The second kappa shape index (κ2) is 9.22. The van der Waals surface area contributed by atoms with Gasteiger partial charge in [-0.1, -0.05) is 25.6 Å². The van der Waals surface area contributed by atoms with E-state index in [0.717, 1.165) is 66.9 Å². The third-order valence-electron chi connectivity index (χ3n) is 6.13. The fourth-order valence-corrected chi connectivity index (χ4v) is 4.88. The predicted octanol–water partition coefficient (Wildman–Crippen LogP) is 4.89. The summed E-state index contributed by atoms with van der Waals surface area (Å²) in [6.07, 6.45) is 11.5. The number of hydrogen-bond donors (Lipinski definition) is 1. The lowest BCUT2D eigenvalue weighted by Gasteiger charge is -2.15. The maximum atomic E-state index is 10.6. The molecule has 1 saturated carbocycles. The molecule has 0 radical (unpaired) electrons. The van der Waals surface area contributed by atoms with E-state index in [1.165, 1.54) is 0 Å². The molecule has 32 heavy (non-hydrogen) atoms. The van der Waals surface area contributed by atoms with Crippen molar-refractivity contribution in [1.29, 1.82) is 0 Å².